The first-order valence-electron chi connectivity index (χ1n) is 7.33. The van der Waals surface area contributed by atoms with Crippen LogP contribution in [0.4, 0.5) is 0 Å². The molecule has 0 amide bonds. The summed E-state index contributed by atoms with van der Waals surface area (Å²) in [6.45, 7) is 0. The van der Waals surface area contributed by atoms with Gasteiger partial charge in [-0.2, -0.15) is 0 Å². The predicted molar refractivity (Wildman–Crippen MR) is 91.9 cm³/mol. The standard InChI is InChI=1S/C19H16.2ClH.Zr/c1-2-7-14(6-1)12-15-9-5-11-18-17-10-4-3-8-16(17)13-19(15)18;;;/h1-6,8-11H,7,12-13H2;2*1H;/q;;;+2/p-2. The fourth-order valence-electron chi connectivity index (χ4n) is 3.26. The van der Waals surface area contributed by atoms with E-state index in [1.165, 1.54) is 33.4 Å². The van der Waals surface area contributed by atoms with E-state index in [2.05, 4.69) is 60.7 Å². The SMILES string of the molecule is C1=CCC(Cc2cccc3c2Cc2ccccc2-3)=C1.[Cl][Zr][Cl]. The van der Waals surface area contributed by atoms with Gasteiger partial charge in [0.25, 0.3) is 0 Å². The van der Waals surface area contributed by atoms with Gasteiger partial charge in [-0.3, -0.25) is 0 Å². The second kappa shape index (κ2) is 7.78. The van der Waals surface area contributed by atoms with Gasteiger partial charge in [-0.05, 0) is 47.1 Å². The number of benzene rings is 2. The van der Waals surface area contributed by atoms with Gasteiger partial charge in [0.2, 0.25) is 0 Å². The first kappa shape index (κ1) is 16.2. The third-order valence-corrected chi connectivity index (χ3v) is 4.21. The van der Waals surface area contributed by atoms with Crippen LogP contribution in [0.15, 0.2) is 66.3 Å². The maximum absolute atomic E-state index is 4.93. The van der Waals surface area contributed by atoms with Crippen LogP contribution in [0.3, 0.4) is 0 Å². The molecule has 0 spiro atoms. The van der Waals surface area contributed by atoms with E-state index < -0.39 is 20.8 Å². The maximum atomic E-state index is 4.93. The molecule has 0 aliphatic heterocycles. The van der Waals surface area contributed by atoms with Crippen molar-refractivity contribution in [2.24, 2.45) is 0 Å². The normalized spacial score (nSPS) is 13.8. The van der Waals surface area contributed by atoms with Gasteiger partial charge in [0.15, 0.2) is 0 Å². The molecule has 0 fully saturated rings. The molecule has 4 rings (SSSR count). The Morgan fingerprint density at radius 1 is 0.955 bits per heavy atom. The Kier molecular flexibility index (Phi) is 5.74. The van der Waals surface area contributed by atoms with Crippen molar-refractivity contribution < 1.29 is 20.8 Å². The Hall–Kier alpha value is -0.617. The average Bonchev–Trinajstić information content (AvgIpc) is 3.16. The third-order valence-electron chi connectivity index (χ3n) is 4.21. The monoisotopic (exact) mass is 404 g/mol. The fraction of sp³-hybridized carbons (Fsp3) is 0.158. The van der Waals surface area contributed by atoms with Gasteiger partial charge in [-0.15, -0.1) is 0 Å². The molecule has 0 N–H and O–H groups in total. The van der Waals surface area contributed by atoms with Crippen molar-refractivity contribution in [3.63, 3.8) is 0 Å². The van der Waals surface area contributed by atoms with Crippen molar-refractivity contribution in [2.45, 2.75) is 19.3 Å². The minimum atomic E-state index is -0.826. The Balaban J connectivity index is 0.000000446. The van der Waals surface area contributed by atoms with Crippen molar-refractivity contribution in [1.29, 1.82) is 0 Å². The van der Waals surface area contributed by atoms with Gasteiger partial charge < -0.3 is 0 Å². The predicted octanol–water partition coefficient (Wildman–Crippen LogP) is 6.06. The first-order chi connectivity index (χ1) is 10.8. The summed E-state index contributed by atoms with van der Waals surface area (Å²) in [5.74, 6) is 0. The molecule has 0 heterocycles. The van der Waals surface area contributed by atoms with E-state index >= 15 is 0 Å². The van der Waals surface area contributed by atoms with Gasteiger partial charge in [0.05, 0.1) is 0 Å². The van der Waals surface area contributed by atoms with Gasteiger partial charge >= 0.3 is 37.9 Å². The molecule has 0 aromatic heterocycles. The zero-order valence-corrected chi connectivity index (χ0v) is 16.1. The number of hydrogen-bond acceptors (Lipinski definition) is 0. The topological polar surface area (TPSA) is 0 Å². The Morgan fingerprint density at radius 2 is 1.73 bits per heavy atom. The number of hydrogen-bond donors (Lipinski definition) is 0. The zero-order chi connectivity index (χ0) is 15.4. The van der Waals surface area contributed by atoms with Crippen molar-refractivity contribution >= 4 is 17.0 Å². The summed E-state index contributed by atoms with van der Waals surface area (Å²) < 4.78 is 0. The molecule has 110 valence electrons. The number of allylic oxidation sites excluding steroid dienone is 4. The summed E-state index contributed by atoms with van der Waals surface area (Å²) in [6.07, 6.45) is 10.0. The van der Waals surface area contributed by atoms with Crippen molar-refractivity contribution in [3.05, 3.63) is 83.0 Å². The number of fused-ring (bicyclic) bond motifs is 3. The molecule has 3 heteroatoms. The van der Waals surface area contributed by atoms with E-state index in [1.54, 1.807) is 0 Å². The number of halogens is 2. The first-order valence-corrected chi connectivity index (χ1v) is 13.7. The Morgan fingerprint density at radius 3 is 2.50 bits per heavy atom. The van der Waals surface area contributed by atoms with E-state index in [-0.39, 0.29) is 0 Å². The second-order valence-electron chi connectivity index (χ2n) is 5.48. The summed E-state index contributed by atoms with van der Waals surface area (Å²) >= 11 is -0.826. The van der Waals surface area contributed by atoms with Crippen LogP contribution in [-0.4, -0.2) is 0 Å². The fourth-order valence-corrected chi connectivity index (χ4v) is 3.26. The summed E-state index contributed by atoms with van der Waals surface area (Å²) in [7, 11) is 9.87. The number of rotatable bonds is 2. The zero-order valence-electron chi connectivity index (χ0n) is 12.2. The van der Waals surface area contributed by atoms with Crippen LogP contribution in [0.5, 0.6) is 0 Å². The van der Waals surface area contributed by atoms with Gasteiger partial charge in [0.1, 0.15) is 0 Å². The van der Waals surface area contributed by atoms with Crippen molar-refractivity contribution in [2.75, 3.05) is 0 Å². The van der Waals surface area contributed by atoms with Crippen LogP contribution in [0, 0.1) is 0 Å². The molecule has 0 nitrogen and oxygen atoms in total. The Bertz CT molecular complexity index is 732. The molecule has 2 aliphatic carbocycles. The minimum absolute atomic E-state index is 0.826. The summed E-state index contributed by atoms with van der Waals surface area (Å²) in [5, 5.41) is 0. The molecule has 22 heavy (non-hydrogen) atoms. The van der Waals surface area contributed by atoms with Crippen LogP contribution < -0.4 is 0 Å². The molecule has 0 bridgehead atoms. The van der Waals surface area contributed by atoms with Crippen LogP contribution in [0.1, 0.15) is 23.1 Å². The molecule has 2 aromatic carbocycles. The van der Waals surface area contributed by atoms with E-state index in [0.29, 0.717) is 0 Å². The van der Waals surface area contributed by atoms with Gasteiger partial charge in [-0.25, -0.2) is 0 Å². The molecule has 2 aliphatic rings. The Labute approximate surface area is 150 Å². The molecule has 0 radical (unpaired) electrons. The van der Waals surface area contributed by atoms with Crippen LogP contribution in [-0.2, 0) is 33.7 Å². The van der Waals surface area contributed by atoms with E-state index in [1.807, 2.05) is 0 Å². The van der Waals surface area contributed by atoms with Crippen LogP contribution in [0.2, 0.25) is 0 Å². The summed E-state index contributed by atoms with van der Waals surface area (Å²) in [5.41, 5.74) is 8.92. The molecule has 0 saturated carbocycles. The molecular weight excluding hydrogens is 390 g/mol. The van der Waals surface area contributed by atoms with E-state index in [0.717, 1.165) is 19.3 Å². The van der Waals surface area contributed by atoms with Crippen molar-refractivity contribution in [3.8, 4) is 11.1 Å². The molecule has 0 atom stereocenters. The van der Waals surface area contributed by atoms with Gasteiger partial charge in [-0.1, -0.05) is 66.3 Å². The summed E-state index contributed by atoms with van der Waals surface area (Å²) in [4.78, 5) is 0. The quantitative estimate of drug-likeness (QED) is 0.485. The molecule has 0 unspecified atom stereocenters. The second-order valence-corrected chi connectivity index (χ2v) is 9.21. The van der Waals surface area contributed by atoms with E-state index in [9.17, 15) is 0 Å². The van der Waals surface area contributed by atoms with Crippen LogP contribution >= 0.6 is 17.0 Å². The molecule has 0 saturated heterocycles. The van der Waals surface area contributed by atoms with Crippen molar-refractivity contribution in [1.82, 2.24) is 0 Å². The van der Waals surface area contributed by atoms with Gasteiger partial charge in [0, 0.05) is 0 Å². The van der Waals surface area contributed by atoms with E-state index in [4.69, 9.17) is 17.0 Å². The molecule has 2 aromatic rings. The summed E-state index contributed by atoms with van der Waals surface area (Å²) in [6, 6.07) is 15.6. The third kappa shape index (κ3) is 3.48. The average molecular weight is 406 g/mol. The molecular formula is C19H16Cl2Zr. The van der Waals surface area contributed by atoms with Crippen LogP contribution in [0.25, 0.3) is 11.1 Å².